The van der Waals surface area contributed by atoms with Crippen LogP contribution in [0.5, 0.6) is 0 Å². The Balaban J connectivity index is 2.31. The average Bonchev–Trinajstić information content (AvgIpc) is 3.18. The number of aryl methyl sites for hydroxylation is 4. The van der Waals surface area contributed by atoms with Gasteiger partial charge in [-0.2, -0.15) is 10.2 Å². The summed E-state index contributed by atoms with van der Waals surface area (Å²) in [7, 11) is 0. The highest BCUT2D eigenvalue weighted by molar-refractivity contribution is 6.40. The van der Waals surface area contributed by atoms with Crippen molar-refractivity contribution in [2.45, 2.75) is 47.0 Å². The number of hydrogen-bond acceptors (Lipinski definition) is 5. The van der Waals surface area contributed by atoms with Crippen molar-refractivity contribution >= 4 is 23.2 Å². The molecule has 1 aliphatic rings. The molecule has 0 unspecified atom stereocenters. The summed E-state index contributed by atoms with van der Waals surface area (Å²) in [4.78, 5) is 13.6. The molecule has 156 valence electrons. The van der Waals surface area contributed by atoms with Gasteiger partial charge in [0.1, 0.15) is 5.16 Å². The van der Waals surface area contributed by atoms with Crippen LogP contribution < -0.4 is 0 Å². The van der Waals surface area contributed by atoms with Gasteiger partial charge in [-0.1, -0.05) is 23.2 Å². The van der Waals surface area contributed by atoms with Gasteiger partial charge in [-0.25, -0.2) is 9.36 Å². The lowest BCUT2D eigenvalue weighted by atomic mass is 10.1. The summed E-state index contributed by atoms with van der Waals surface area (Å²) >= 11 is 13.1. The molecule has 2 aromatic heterocycles. The third kappa shape index (κ3) is 4.33. The molecule has 29 heavy (non-hydrogen) atoms. The van der Waals surface area contributed by atoms with Crippen LogP contribution in [-0.4, -0.2) is 42.5 Å². The van der Waals surface area contributed by atoms with Crippen molar-refractivity contribution < 1.29 is 4.92 Å². The SMILES string of the molecule is Cc1cc(C)n(C(=C(/C(Cl)=C(\Cl)N2CCCCC2)[N+](=O)[O-])n2nc(C)cc2C)n1. The number of aromatic nitrogens is 4. The molecule has 0 amide bonds. The lowest BCUT2D eigenvalue weighted by Gasteiger charge is -2.28. The highest BCUT2D eigenvalue weighted by atomic mass is 35.5. The summed E-state index contributed by atoms with van der Waals surface area (Å²) in [6.07, 6.45) is 3.05. The van der Waals surface area contributed by atoms with Crippen LogP contribution in [0.15, 0.2) is 28.0 Å². The van der Waals surface area contributed by atoms with Gasteiger partial charge < -0.3 is 4.90 Å². The Morgan fingerprint density at radius 2 is 1.45 bits per heavy atom. The molecule has 1 aliphatic heterocycles. The second kappa shape index (κ2) is 8.59. The van der Waals surface area contributed by atoms with E-state index in [2.05, 4.69) is 10.2 Å². The molecule has 0 aliphatic carbocycles. The molecule has 3 rings (SSSR count). The summed E-state index contributed by atoms with van der Waals surface area (Å²) < 4.78 is 2.99. The number of halogens is 2. The fourth-order valence-electron chi connectivity index (χ4n) is 3.56. The lowest BCUT2D eigenvalue weighted by molar-refractivity contribution is -0.423. The van der Waals surface area contributed by atoms with Crippen LogP contribution in [0, 0.1) is 43.6 Å². The van der Waals surface area contributed by atoms with Gasteiger partial charge in [0.25, 0.3) is 0 Å². The van der Waals surface area contributed by atoms with Gasteiger partial charge in [0.05, 0.1) is 16.3 Å². The lowest BCUT2D eigenvalue weighted by Crippen LogP contribution is -2.29. The molecule has 0 spiro atoms. The molecular formula is C19H24Cl2N6O2. The summed E-state index contributed by atoms with van der Waals surface area (Å²) in [5, 5.41) is 21.2. The maximum Gasteiger partial charge on any atom is 0.335 e. The van der Waals surface area contributed by atoms with E-state index < -0.39 is 4.92 Å². The molecule has 0 saturated carbocycles. The maximum absolute atomic E-state index is 12.2. The molecule has 0 aromatic carbocycles. The van der Waals surface area contributed by atoms with Gasteiger partial charge >= 0.3 is 5.70 Å². The number of rotatable bonds is 5. The van der Waals surface area contributed by atoms with Crippen molar-refractivity contribution in [1.82, 2.24) is 24.5 Å². The van der Waals surface area contributed by atoms with Crippen molar-refractivity contribution in [3.8, 4) is 0 Å². The third-order valence-electron chi connectivity index (χ3n) is 4.84. The Bertz CT molecular complexity index is 950. The number of allylic oxidation sites excluding steroid dienone is 1. The van der Waals surface area contributed by atoms with E-state index in [1.807, 2.05) is 44.7 Å². The molecule has 0 atom stereocenters. The number of piperidine rings is 1. The van der Waals surface area contributed by atoms with Crippen molar-refractivity contribution in [3.63, 3.8) is 0 Å². The van der Waals surface area contributed by atoms with Crippen LogP contribution >= 0.6 is 23.2 Å². The van der Waals surface area contributed by atoms with Gasteiger partial charge in [-0.15, -0.1) is 0 Å². The predicted molar refractivity (Wildman–Crippen MR) is 112 cm³/mol. The Hall–Kier alpha value is -2.32. The summed E-state index contributed by atoms with van der Waals surface area (Å²) in [5.41, 5.74) is 2.57. The average molecular weight is 439 g/mol. The molecule has 0 N–H and O–H groups in total. The number of nitro groups is 1. The quantitative estimate of drug-likeness (QED) is 0.302. The zero-order chi connectivity index (χ0) is 21.3. The first-order chi connectivity index (χ1) is 13.7. The van der Waals surface area contributed by atoms with Crippen LogP contribution in [-0.2, 0) is 0 Å². The van der Waals surface area contributed by atoms with Gasteiger partial charge in [0.2, 0.25) is 5.82 Å². The first-order valence-corrected chi connectivity index (χ1v) is 10.2. The van der Waals surface area contributed by atoms with Crippen LogP contribution in [0.25, 0.3) is 0 Å². The third-order valence-corrected chi connectivity index (χ3v) is 5.72. The molecule has 2 aromatic rings. The zero-order valence-corrected chi connectivity index (χ0v) is 18.5. The van der Waals surface area contributed by atoms with E-state index in [1.165, 1.54) is 9.36 Å². The summed E-state index contributed by atoms with van der Waals surface area (Å²) in [6, 6.07) is 3.68. The molecule has 0 bridgehead atoms. The van der Waals surface area contributed by atoms with Crippen molar-refractivity contribution in [2.24, 2.45) is 0 Å². The van der Waals surface area contributed by atoms with Crippen LogP contribution in [0.3, 0.4) is 0 Å². The van der Waals surface area contributed by atoms with E-state index in [-0.39, 0.29) is 21.7 Å². The van der Waals surface area contributed by atoms with E-state index >= 15 is 0 Å². The maximum atomic E-state index is 12.2. The van der Waals surface area contributed by atoms with Crippen LogP contribution in [0.1, 0.15) is 42.0 Å². The van der Waals surface area contributed by atoms with Crippen molar-refractivity contribution in [3.05, 3.63) is 66.7 Å². The minimum atomic E-state index is -0.517. The summed E-state index contributed by atoms with van der Waals surface area (Å²) in [6.45, 7) is 8.74. The minimum absolute atomic E-state index is 0.117. The second-order valence-electron chi connectivity index (χ2n) is 7.26. The van der Waals surface area contributed by atoms with Gasteiger partial charge in [0, 0.05) is 24.5 Å². The highest BCUT2D eigenvalue weighted by Crippen LogP contribution is 2.30. The molecule has 1 saturated heterocycles. The number of likely N-dealkylation sites (tertiary alicyclic amines) is 1. The highest BCUT2D eigenvalue weighted by Gasteiger charge is 2.32. The van der Waals surface area contributed by atoms with E-state index in [0.29, 0.717) is 0 Å². The smallest absolute Gasteiger partial charge is 0.335 e. The standard InChI is InChI=1S/C19H24Cl2N6O2/c1-12-10-14(3)25(22-12)19(26-15(4)11-13(2)23-26)17(27(28)29)16(20)18(21)24-8-6-5-7-9-24/h10-11H,5-9H2,1-4H3/b18-16-. The fourth-order valence-corrected chi connectivity index (χ4v) is 4.10. The normalized spacial score (nSPS) is 15.3. The Labute approximate surface area is 179 Å². The van der Waals surface area contributed by atoms with Gasteiger partial charge in [0.15, 0.2) is 5.03 Å². The van der Waals surface area contributed by atoms with Crippen molar-refractivity contribution in [1.29, 1.82) is 0 Å². The van der Waals surface area contributed by atoms with E-state index in [4.69, 9.17) is 23.2 Å². The molecule has 10 heteroatoms. The zero-order valence-electron chi connectivity index (χ0n) is 16.9. The van der Waals surface area contributed by atoms with E-state index in [1.54, 1.807) is 0 Å². The first kappa shape index (κ1) is 21.4. The Kier molecular flexibility index (Phi) is 6.33. The number of hydrogen-bond donors (Lipinski definition) is 0. The largest absolute Gasteiger partial charge is 0.361 e. The molecule has 8 nitrogen and oxygen atoms in total. The summed E-state index contributed by atoms with van der Waals surface area (Å²) in [5.74, 6) is 0.145. The van der Waals surface area contributed by atoms with Crippen LogP contribution in [0.2, 0.25) is 0 Å². The van der Waals surface area contributed by atoms with Gasteiger partial charge in [-0.05, 0) is 59.1 Å². The van der Waals surface area contributed by atoms with E-state index in [9.17, 15) is 10.1 Å². The topological polar surface area (TPSA) is 82.0 Å². The van der Waals surface area contributed by atoms with E-state index in [0.717, 1.165) is 55.1 Å². The molecule has 0 radical (unpaired) electrons. The second-order valence-corrected chi connectivity index (χ2v) is 8.00. The van der Waals surface area contributed by atoms with Crippen LogP contribution in [0.4, 0.5) is 0 Å². The first-order valence-electron chi connectivity index (χ1n) is 9.47. The molecule has 1 fully saturated rings. The Morgan fingerprint density at radius 1 is 0.966 bits per heavy atom. The van der Waals surface area contributed by atoms with Crippen molar-refractivity contribution in [2.75, 3.05) is 13.1 Å². The monoisotopic (exact) mass is 438 g/mol. The molecule has 3 heterocycles. The predicted octanol–water partition coefficient (Wildman–Crippen LogP) is 4.21. The Morgan fingerprint density at radius 3 is 1.83 bits per heavy atom. The fraction of sp³-hybridized carbons (Fsp3) is 0.474. The van der Waals surface area contributed by atoms with Gasteiger partial charge in [-0.3, -0.25) is 10.1 Å². The minimum Gasteiger partial charge on any atom is -0.361 e. The molecular weight excluding hydrogens is 415 g/mol. The number of nitrogens with zero attached hydrogens (tertiary/aromatic N) is 6.